The summed E-state index contributed by atoms with van der Waals surface area (Å²) in [6, 6.07) is 0. The van der Waals surface area contributed by atoms with Crippen molar-refractivity contribution in [3.05, 3.63) is 23.8 Å². The highest BCUT2D eigenvalue weighted by Crippen LogP contribution is 2.70. The molecule has 0 aromatic carbocycles. The predicted octanol–water partition coefficient (Wildman–Crippen LogP) is 1.90. The van der Waals surface area contributed by atoms with Crippen LogP contribution in [0.4, 0.5) is 4.39 Å². The summed E-state index contributed by atoms with van der Waals surface area (Å²) in [6.45, 7) is 4.48. The Bertz CT molecular complexity index is 805. The Morgan fingerprint density at radius 1 is 1.32 bits per heavy atom. The number of aliphatic hydroxyl groups excluding tert-OH is 2. The molecule has 0 heterocycles. The predicted molar refractivity (Wildman–Crippen MR) is 99.9 cm³/mol. The van der Waals surface area contributed by atoms with E-state index in [1.807, 2.05) is 0 Å². The van der Waals surface area contributed by atoms with Gasteiger partial charge in [0, 0.05) is 16.7 Å². The summed E-state index contributed by atoms with van der Waals surface area (Å²) in [5.74, 6) is -2.12. The van der Waals surface area contributed by atoms with Gasteiger partial charge in [-0.1, -0.05) is 25.5 Å². The lowest BCUT2D eigenvalue weighted by atomic mass is 9.44. The maximum atomic E-state index is 16.9. The quantitative estimate of drug-likeness (QED) is 0.667. The fourth-order valence-corrected chi connectivity index (χ4v) is 7.26. The van der Waals surface area contributed by atoms with Gasteiger partial charge in [-0.05, 0) is 56.6 Å². The summed E-state index contributed by atoms with van der Waals surface area (Å²) < 4.78 is 16.9. The van der Waals surface area contributed by atoms with Gasteiger partial charge in [-0.25, -0.2) is 4.39 Å². The number of allylic oxidation sites excluding steroid dienone is 4. The minimum atomic E-state index is -1.98. The largest absolute Gasteiger partial charge is 0.390 e. The molecule has 0 bridgehead atoms. The zero-order valence-corrected chi connectivity index (χ0v) is 16.6. The van der Waals surface area contributed by atoms with Gasteiger partial charge < -0.3 is 15.3 Å². The number of rotatable bonds is 2. The highest BCUT2D eigenvalue weighted by atomic mass is 19.1. The number of ketones is 2. The van der Waals surface area contributed by atoms with Gasteiger partial charge in [-0.2, -0.15) is 0 Å². The van der Waals surface area contributed by atoms with Crippen molar-refractivity contribution in [2.45, 2.75) is 63.8 Å². The lowest BCUT2D eigenvalue weighted by Crippen LogP contribution is -2.69. The Morgan fingerprint density at radius 3 is 2.64 bits per heavy atom. The molecular formula is C22H29FO5. The molecule has 5 nitrogen and oxygen atoms in total. The Hall–Kier alpha value is -1.37. The monoisotopic (exact) mass is 392 g/mol. The van der Waals surface area contributed by atoms with Crippen molar-refractivity contribution in [1.29, 1.82) is 0 Å². The Kier molecular flexibility index (Phi) is 4.15. The average molecular weight is 392 g/mol. The van der Waals surface area contributed by atoms with Crippen molar-refractivity contribution in [3.63, 3.8) is 0 Å². The van der Waals surface area contributed by atoms with Gasteiger partial charge >= 0.3 is 0 Å². The standard InChI is InChI=1S/C22H29FO5/c1-12-8-16-15-5-4-13-9-14(25)6-7-19(13,2)21(15,23)17(26)10-20(16,3)22(12,28)18(27)11-24/h6-7,9,12,15-17,24,26,28H,4-5,8,10-11H2,1-3H3/t12-,15?,16+,17+,19+,20?,21+,22+/m1/s1. The Labute approximate surface area is 164 Å². The minimum absolute atomic E-state index is 0.0676. The molecule has 0 aromatic rings. The minimum Gasteiger partial charge on any atom is -0.390 e. The van der Waals surface area contributed by atoms with Gasteiger partial charge in [-0.15, -0.1) is 0 Å². The van der Waals surface area contributed by atoms with Crippen molar-refractivity contribution < 1.29 is 29.3 Å². The van der Waals surface area contributed by atoms with E-state index in [-0.39, 0.29) is 18.1 Å². The fraction of sp³-hybridized carbons (Fsp3) is 0.727. The van der Waals surface area contributed by atoms with E-state index in [9.17, 15) is 24.9 Å². The summed E-state index contributed by atoms with van der Waals surface area (Å²) in [5.41, 5.74) is -5.17. The number of aliphatic hydroxyl groups is 3. The first-order valence-corrected chi connectivity index (χ1v) is 10.1. The summed E-state index contributed by atoms with van der Waals surface area (Å²) >= 11 is 0. The summed E-state index contributed by atoms with van der Waals surface area (Å²) in [5, 5.41) is 32.0. The van der Waals surface area contributed by atoms with Crippen LogP contribution in [0.1, 0.15) is 46.5 Å². The topological polar surface area (TPSA) is 94.8 Å². The number of carbonyl (C=O) groups is 2. The molecule has 0 radical (unpaired) electrons. The number of carbonyl (C=O) groups excluding carboxylic acids is 2. The van der Waals surface area contributed by atoms with E-state index in [1.165, 1.54) is 12.2 Å². The fourth-order valence-electron chi connectivity index (χ4n) is 7.26. The van der Waals surface area contributed by atoms with Crippen LogP contribution in [0.25, 0.3) is 0 Å². The van der Waals surface area contributed by atoms with Crippen LogP contribution in [0.3, 0.4) is 0 Å². The number of halogens is 1. The molecule has 4 aliphatic carbocycles. The lowest BCUT2D eigenvalue weighted by Gasteiger charge is -2.62. The molecule has 28 heavy (non-hydrogen) atoms. The second-order valence-corrected chi connectivity index (χ2v) is 9.75. The molecule has 0 amide bonds. The van der Waals surface area contributed by atoms with E-state index < -0.39 is 52.4 Å². The van der Waals surface area contributed by atoms with Crippen molar-refractivity contribution in [2.24, 2.45) is 28.6 Å². The zero-order chi connectivity index (χ0) is 20.7. The Morgan fingerprint density at radius 2 is 2.00 bits per heavy atom. The van der Waals surface area contributed by atoms with Crippen molar-refractivity contribution in [1.82, 2.24) is 0 Å². The molecule has 3 saturated carbocycles. The first-order valence-electron chi connectivity index (χ1n) is 10.1. The third-order valence-electron chi connectivity index (χ3n) is 8.79. The van der Waals surface area contributed by atoms with Gasteiger partial charge in [0.25, 0.3) is 0 Å². The van der Waals surface area contributed by atoms with E-state index >= 15 is 4.39 Å². The molecule has 2 unspecified atom stereocenters. The first kappa shape index (κ1) is 19.9. The molecule has 0 aromatic heterocycles. The zero-order valence-electron chi connectivity index (χ0n) is 16.6. The molecule has 3 N–H and O–H groups in total. The normalized spacial score (nSPS) is 52.5. The van der Waals surface area contributed by atoms with Gasteiger partial charge in [0.15, 0.2) is 17.2 Å². The van der Waals surface area contributed by atoms with Crippen molar-refractivity contribution in [2.75, 3.05) is 6.61 Å². The third-order valence-corrected chi connectivity index (χ3v) is 8.79. The summed E-state index contributed by atoms with van der Waals surface area (Å²) in [7, 11) is 0. The number of fused-ring (bicyclic) bond motifs is 5. The number of alkyl halides is 1. The maximum Gasteiger partial charge on any atom is 0.190 e. The third kappa shape index (κ3) is 2.01. The van der Waals surface area contributed by atoms with E-state index in [1.54, 1.807) is 26.8 Å². The maximum absolute atomic E-state index is 16.9. The van der Waals surface area contributed by atoms with Crippen LogP contribution in [0, 0.1) is 28.6 Å². The highest BCUT2D eigenvalue weighted by molar-refractivity contribution is 6.01. The molecule has 4 rings (SSSR count). The second-order valence-electron chi connectivity index (χ2n) is 9.75. The molecule has 6 heteroatoms. The molecule has 0 aliphatic heterocycles. The van der Waals surface area contributed by atoms with Crippen LogP contribution in [-0.2, 0) is 9.59 Å². The first-order chi connectivity index (χ1) is 13.0. The molecule has 0 saturated heterocycles. The smallest absolute Gasteiger partial charge is 0.190 e. The van der Waals surface area contributed by atoms with E-state index in [0.717, 1.165) is 0 Å². The van der Waals surface area contributed by atoms with Crippen molar-refractivity contribution in [3.8, 4) is 0 Å². The van der Waals surface area contributed by atoms with Crippen LogP contribution in [0.2, 0.25) is 0 Å². The lowest BCUT2D eigenvalue weighted by molar-refractivity contribution is -0.219. The van der Waals surface area contributed by atoms with E-state index in [2.05, 4.69) is 0 Å². The Balaban J connectivity index is 1.84. The number of hydrogen-bond acceptors (Lipinski definition) is 5. The molecule has 4 aliphatic rings. The molecule has 8 atom stereocenters. The second kappa shape index (κ2) is 5.83. The average Bonchev–Trinajstić information content (AvgIpc) is 2.84. The summed E-state index contributed by atoms with van der Waals surface area (Å²) in [6.07, 6.45) is 4.44. The summed E-state index contributed by atoms with van der Waals surface area (Å²) in [4.78, 5) is 24.4. The van der Waals surface area contributed by atoms with Crippen LogP contribution < -0.4 is 0 Å². The number of Topliss-reactive ketones (excluding diaryl/α,β-unsaturated/α-hetero) is 1. The molecule has 3 fully saturated rings. The van der Waals surface area contributed by atoms with Crippen LogP contribution in [0.5, 0.6) is 0 Å². The highest BCUT2D eigenvalue weighted by Gasteiger charge is 2.75. The SMILES string of the molecule is C[C@@H]1C[C@H]2C3CCC4=CC(=O)C=C[C@]4(C)[C@@]3(F)[C@@H](O)CC2(C)[C@@]1(O)C(=O)CO. The van der Waals surface area contributed by atoms with Crippen LogP contribution in [0.15, 0.2) is 23.8 Å². The van der Waals surface area contributed by atoms with Gasteiger partial charge in [0.1, 0.15) is 12.2 Å². The van der Waals surface area contributed by atoms with Crippen molar-refractivity contribution >= 4 is 11.6 Å². The molecule has 154 valence electrons. The van der Waals surface area contributed by atoms with Crippen LogP contribution in [-0.4, -0.2) is 50.9 Å². The van der Waals surface area contributed by atoms with Gasteiger partial charge in [0.05, 0.1) is 6.10 Å². The number of hydrogen-bond donors (Lipinski definition) is 3. The van der Waals surface area contributed by atoms with Crippen LogP contribution >= 0.6 is 0 Å². The van der Waals surface area contributed by atoms with E-state index in [4.69, 9.17) is 0 Å². The molecule has 0 spiro atoms. The van der Waals surface area contributed by atoms with E-state index in [0.29, 0.717) is 24.8 Å². The van der Waals surface area contributed by atoms with Gasteiger partial charge in [-0.3, -0.25) is 9.59 Å². The van der Waals surface area contributed by atoms with Gasteiger partial charge in [0.2, 0.25) is 0 Å². The molecular weight excluding hydrogens is 363 g/mol.